The highest BCUT2D eigenvalue weighted by Gasteiger charge is 2.12. The zero-order chi connectivity index (χ0) is 22.3. The van der Waals surface area contributed by atoms with Crippen molar-refractivity contribution in [1.29, 1.82) is 5.26 Å². The van der Waals surface area contributed by atoms with E-state index in [0.29, 0.717) is 23.6 Å². The van der Waals surface area contributed by atoms with Crippen molar-refractivity contribution in [2.75, 3.05) is 5.32 Å². The van der Waals surface area contributed by atoms with E-state index < -0.39 is 5.91 Å². The summed E-state index contributed by atoms with van der Waals surface area (Å²) in [6, 6.07) is 30.8. The Bertz CT molecular complexity index is 1340. The van der Waals surface area contributed by atoms with Crippen LogP contribution in [0.15, 0.2) is 101 Å². The fraction of sp³-hybridized carbons (Fsp3) is 0.0370. The molecule has 1 amide bonds. The Morgan fingerprint density at radius 1 is 0.969 bits per heavy atom. The highest BCUT2D eigenvalue weighted by molar-refractivity contribution is 9.10. The topological polar surface area (TPSA) is 62.1 Å². The summed E-state index contributed by atoms with van der Waals surface area (Å²) in [7, 11) is 0. The van der Waals surface area contributed by atoms with Gasteiger partial charge in [-0.2, -0.15) is 5.26 Å². The number of anilines is 1. The Balaban J connectivity index is 1.60. The molecule has 0 saturated heterocycles. The van der Waals surface area contributed by atoms with Gasteiger partial charge in [0.2, 0.25) is 0 Å². The van der Waals surface area contributed by atoms with Gasteiger partial charge in [-0.1, -0.05) is 76.6 Å². The van der Waals surface area contributed by atoms with Crippen LogP contribution in [0.1, 0.15) is 11.1 Å². The molecule has 4 aromatic carbocycles. The summed E-state index contributed by atoms with van der Waals surface area (Å²) in [4.78, 5) is 12.6. The number of rotatable bonds is 6. The molecule has 4 rings (SSSR count). The highest BCUT2D eigenvalue weighted by atomic mass is 79.9. The first-order valence-electron chi connectivity index (χ1n) is 10.0. The summed E-state index contributed by atoms with van der Waals surface area (Å²) in [6.45, 7) is 0.363. The van der Waals surface area contributed by atoms with Crippen LogP contribution in [0.25, 0.3) is 16.8 Å². The molecule has 0 aliphatic rings. The van der Waals surface area contributed by atoms with Crippen molar-refractivity contribution in [3.63, 3.8) is 0 Å². The smallest absolute Gasteiger partial charge is 0.266 e. The lowest BCUT2D eigenvalue weighted by Gasteiger charge is -2.12. The third kappa shape index (κ3) is 5.05. The van der Waals surface area contributed by atoms with E-state index in [0.717, 1.165) is 20.8 Å². The second-order valence-electron chi connectivity index (χ2n) is 7.10. The molecule has 0 saturated carbocycles. The van der Waals surface area contributed by atoms with Gasteiger partial charge in [0.05, 0.1) is 0 Å². The van der Waals surface area contributed by atoms with Crippen LogP contribution in [-0.4, -0.2) is 5.91 Å². The van der Waals surface area contributed by atoms with Crippen LogP contribution in [0.3, 0.4) is 0 Å². The number of hydrogen-bond donors (Lipinski definition) is 1. The quantitative estimate of drug-likeness (QED) is 0.244. The molecule has 0 heterocycles. The van der Waals surface area contributed by atoms with Gasteiger partial charge in [0.1, 0.15) is 24.0 Å². The number of amides is 1. The average molecular weight is 483 g/mol. The van der Waals surface area contributed by atoms with Gasteiger partial charge >= 0.3 is 0 Å². The summed E-state index contributed by atoms with van der Waals surface area (Å²) in [6.07, 6.45) is 1.54. The monoisotopic (exact) mass is 482 g/mol. The van der Waals surface area contributed by atoms with Crippen LogP contribution in [0.2, 0.25) is 0 Å². The number of benzene rings is 4. The molecular weight excluding hydrogens is 464 g/mol. The fourth-order valence-corrected chi connectivity index (χ4v) is 3.74. The molecule has 0 aliphatic heterocycles. The average Bonchev–Trinajstić information content (AvgIpc) is 2.82. The van der Waals surface area contributed by atoms with Crippen molar-refractivity contribution < 1.29 is 9.53 Å². The van der Waals surface area contributed by atoms with Gasteiger partial charge in [0.15, 0.2) is 0 Å². The number of fused-ring (bicyclic) bond motifs is 1. The predicted octanol–water partition coefficient (Wildman–Crippen LogP) is 6.73. The minimum Gasteiger partial charge on any atom is -0.488 e. The van der Waals surface area contributed by atoms with Crippen LogP contribution in [-0.2, 0) is 11.4 Å². The third-order valence-corrected chi connectivity index (χ3v) is 5.42. The number of carbonyl (C=O) groups is 1. The molecule has 4 nitrogen and oxygen atoms in total. The Morgan fingerprint density at radius 3 is 2.53 bits per heavy atom. The van der Waals surface area contributed by atoms with Crippen molar-refractivity contribution in [2.24, 2.45) is 0 Å². The van der Waals surface area contributed by atoms with E-state index >= 15 is 0 Å². The zero-order valence-electron chi connectivity index (χ0n) is 17.1. The molecule has 0 aliphatic carbocycles. The number of ether oxygens (including phenoxy) is 1. The summed E-state index contributed by atoms with van der Waals surface area (Å²) >= 11 is 3.46. The van der Waals surface area contributed by atoms with Crippen LogP contribution >= 0.6 is 15.9 Å². The SMILES string of the molecule is N#C/C(=C\c1cc(Br)ccc1OCc1cccc2ccccc12)C(=O)Nc1ccccc1. The largest absolute Gasteiger partial charge is 0.488 e. The van der Waals surface area contributed by atoms with Gasteiger partial charge in [-0.15, -0.1) is 0 Å². The summed E-state index contributed by atoms with van der Waals surface area (Å²) in [5.41, 5.74) is 2.31. The standard InChI is InChI=1S/C27H19BrN2O2/c28-23-13-14-26(32-18-20-9-6-8-19-7-4-5-12-25(19)20)21(16-23)15-22(17-29)27(31)30-24-10-2-1-3-11-24/h1-16H,18H2,(H,30,31)/b22-15+. The Labute approximate surface area is 194 Å². The Hall–Kier alpha value is -3.88. The second-order valence-corrected chi connectivity index (χ2v) is 8.01. The minimum absolute atomic E-state index is 0.0121. The summed E-state index contributed by atoms with van der Waals surface area (Å²) in [5, 5.41) is 14.6. The predicted molar refractivity (Wildman–Crippen MR) is 131 cm³/mol. The lowest BCUT2D eigenvalue weighted by molar-refractivity contribution is -0.112. The van der Waals surface area contributed by atoms with Crippen LogP contribution < -0.4 is 10.1 Å². The molecule has 0 radical (unpaired) electrons. The molecule has 32 heavy (non-hydrogen) atoms. The van der Waals surface area contributed by atoms with E-state index in [1.165, 1.54) is 0 Å². The molecule has 0 unspecified atom stereocenters. The lowest BCUT2D eigenvalue weighted by atomic mass is 10.1. The van der Waals surface area contributed by atoms with Gasteiger partial charge in [0.25, 0.3) is 5.91 Å². The van der Waals surface area contributed by atoms with Crippen LogP contribution in [0.5, 0.6) is 5.75 Å². The molecule has 1 N–H and O–H groups in total. The molecule has 0 atom stereocenters. The minimum atomic E-state index is -0.473. The van der Waals surface area contributed by atoms with E-state index in [1.54, 1.807) is 18.2 Å². The molecule has 156 valence electrons. The maximum atomic E-state index is 12.6. The number of nitriles is 1. The summed E-state index contributed by atoms with van der Waals surface area (Å²) < 4.78 is 6.94. The molecule has 0 spiro atoms. The number of halogens is 1. The number of nitrogens with zero attached hydrogens (tertiary/aromatic N) is 1. The van der Waals surface area contributed by atoms with Crippen molar-refractivity contribution in [1.82, 2.24) is 0 Å². The van der Waals surface area contributed by atoms with E-state index in [-0.39, 0.29) is 5.57 Å². The van der Waals surface area contributed by atoms with E-state index in [9.17, 15) is 10.1 Å². The van der Waals surface area contributed by atoms with E-state index in [2.05, 4.69) is 39.4 Å². The second kappa shape index (κ2) is 9.95. The molecule has 0 aromatic heterocycles. The van der Waals surface area contributed by atoms with Crippen molar-refractivity contribution in [2.45, 2.75) is 6.61 Å². The molecular formula is C27H19BrN2O2. The van der Waals surface area contributed by atoms with Crippen molar-refractivity contribution in [3.8, 4) is 11.8 Å². The Morgan fingerprint density at radius 2 is 1.72 bits per heavy atom. The molecule has 0 fully saturated rings. The highest BCUT2D eigenvalue weighted by Crippen LogP contribution is 2.28. The number of nitrogens with one attached hydrogen (secondary N) is 1. The van der Waals surface area contributed by atoms with Crippen molar-refractivity contribution in [3.05, 3.63) is 112 Å². The van der Waals surface area contributed by atoms with E-state index in [1.807, 2.05) is 66.7 Å². The van der Waals surface area contributed by atoms with Gasteiger partial charge in [-0.3, -0.25) is 4.79 Å². The first-order valence-corrected chi connectivity index (χ1v) is 10.8. The number of carbonyl (C=O) groups excluding carboxylic acids is 1. The Kier molecular flexibility index (Phi) is 6.64. The fourth-order valence-electron chi connectivity index (χ4n) is 3.36. The molecule has 4 aromatic rings. The summed E-state index contributed by atoms with van der Waals surface area (Å²) in [5.74, 6) is 0.111. The maximum Gasteiger partial charge on any atom is 0.266 e. The van der Waals surface area contributed by atoms with Crippen molar-refractivity contribution >= 4 is 44.4 Å². The normalized spacial score (nSPS) is 11.1. The molecule has 5 heteroatoms. The van der Waals surface area contributed by atoms with Gasteiger partial charge in [-0.05, 0) is 52.7 Å². The zero-order valence-corrected chi connectivity index (χ0v) is 18.7. The first kappa shape index (κ1) is 21.4. The molecule has 0 bridgehead atoms. The van der Waals surface area contributed by atoms with Gasteiger partial charge in [0, 0.05) is 15.7 Å². The van der Waals surface area contributed by atoms with Gasteiger partial charge < -0.3 is 10.1 Å². The van der Waals surface area contributed by atoms with Crippen LogP contribution in [0.4, 0.5) is 5.69 Å². The third-order valence-electron chi connectivity index (χ3n) is 4.93. The lowest BCUT2D eigenvalue weighted by Crippen LogP contribution is -2.13. The number of para-hydroxylation sites is 1. The van der Waals surface area contributed by atoms with Gasteiger partial charge in [-0.25, -0.2) is 0 Å². The first-order chi connectivity index (χ1) is 15.6. The van der Waals surface area contributed by atoms with Crippen LogP contribution in [0, 0.1) is 11.3 Å². The van der Waals surface area contributed by atoms with E-state index in [4.69, 9.17) is 4.74 Å². The number of hydrogen-bond acceptors (Lipinski definition) is 3. The maximum absolute atomic E-state index is 12.6.